The zero-order valence-electron chi connectivity index (χ0n) is 12.1. The minimum absolute atomic E-state index is 0.121. The maximum Gasteiger partial charge on any atom is 0.164 e. The van der Waals surface area contributed by atoms with Gasteiger partial charge in [0.05, 0.1) is 19.0 Å². The molecule has 0 radical (unpaired) electrons. The monoisotopic (exact) mass is 301 g/mol. The van der Waals surface area contributed by atoms with E-state index in [0.717, 1.165) is 5.56 Å². The van der Waals surface area contributed by atoms with Crippen LogP contribution in [-0.2, 0) is 16.3 Å². The van der Waals surface area contributed by atoms with Gasteiger partial charge in [-0.05, 0) is 37.9 Å². The van der Waals surface area contributed by atoms with Crippen molar-refractivity contribution in [2.45, 2.75) is 19.8 Å². The Hall–Kier alpha value is -1.27. The fourth-order valence-electron chi connectivity index (χ4n) is 1.84. The summed E-state index contributed by atoms with van der Waals surface area (Å²) in [6, 6.07) is 5.69. The SMILES string of the molecule is CCOc1cccc(CCN)c1OCCCS(C)(=O)=O. The highest BCUT2D eigenvalue weighted by atomic mass is 32.2. The minimum Gasteiger partial charge on any atom is -0.490 e. The second-order valence-electron chi connectivity index (χ2n) is 4.55. The van der Waals surface area contributed by atoms with Gasteiger partial charge in [-0.2, -0.15) is 0 Å². The lowest BCUT2D eigenvalue weighted by molar-refractivity contribution is 0.274. The van der Waals surface area contributed by atoms with Gasteiger partial charge in [-0.3, -0.25) is 0 Å². The lowest BCUT2D eigenvalue weighted by Gasteiger charge is -2.15. The van der Waals surface area contributed by atoms with Crippen LogP contribution in [0.1, 0.15) is 18.9 Å². The average Bonchev–Trinajstić information content (AvgIpc) is 2.36. The van der Waals surface area contributed by atoms with Crippen LogP contribution in [0.15, 0.2) is 18.2 Å². The van der Waals surface area contributed by atoms with Gasteiger partial charge in [-0.15, -0.1) is 0 Å². The Bertz CT molecular complexity index is 490. The van der Waals surface area contributed by atoms with E-state index in [4.69, 9.17) is 15.2 Å². The summed E-state index contributed by atoms with van der Waals surface area (Å²) < 4.78 is 33.4. The van der Waals surface area contributed by atoms with Crippen molar-refractivity contribution in [1.82, 2.24) is 0 Å². The molecular formula is C14H23NO4S. The summed E-state index contributed by atoms with van der Waals surface area (Å²) in [4.78, 5) is 0. The molecular weight excluding hydrogens is 278 g/mol. The fourth-order valence-corrected chi connectivity index (χ4v) is 2.48. The lowest BCUT2D eigenvalue weighted by atomic mass is 10.1. The van der Waals surface area contributed by atoms with Crippen LogP contribution >= 0.6 is 0 Å². The van der Waals surface area contributed by atoms with E-state index in [0.29, 0.717) is 44.1 Å². The summed E-state index contributed by atoms with van der Waals surface area (Å²) in [6.45, 7) is 3.32. The van der Waals surface area contributed by atoms with Crippen LogP contribution in [0.4, 0.5) is 0 Å². The number of rotatable bonds is 9. The molecule has 0 heterocycles. The van der Waals surface area contributed by atoms with Gasteiger partial charge in [0, 0.05) is 6.26 Å². The molecule has 5 nitrogen and oxygen atoms in total. The van der Waals surface area contributed by atoms with Crippen LogP contribution in [0.5, 0.6) is 11.5 Å². The number of sulfone groups is 1. The molecule has 0 saturated heterocycles. The normalized spacial score (nSPS) is 11.3. The Balaban J connectivity index is 2.74. The largest absolute Gasteiger partial charge is 0.490 e. The van der Waals surface area contributed by atoms with E-state index in [1.165, 1.54) is 6.26 Å². The van der Waals surface area contributed by atoms with Crippen molar-refractivity contribution in [3.8, 4) is 11.5 Å². The molecule has 0 spiro atoms. The molecule has 0 aliphatic heterocycles. The number of benzene rings is 1. The minimum atomic E-state index is -2.95. The Morgan fingerprint density at radius 3 is 2.60 bits per heavy atom. The highest BCUT2D eigenvalue weighted by Gasteiger charge is 2.11. The average molecular weight is 301 g/mol. The molecule has 0 saturated carbocycles. The number of ether oxygens (including phenoxy) is 2. The second-order valence-corrected chi connectivity index (χ2v) is 6.81. The maximum atomic E-state index is 11.1. The summed E-state index contributed by atoms with van der Waals surface area (Å²) in [7, 11) is -2.95. The molecule has 1 aromatic carbocycles. The number of para-hydroxylation sites is 1. The van der Waals surface area contributed by atoms with Gasteiger partial charge >= 0.3 is 0 Å². The van der Waals surface area contributed by atoms with Crippen LogP contribution in [0, 0.1) is 0 Å². The van der Waals surface area contributed by atoms with Crippen molar-refractivity contribution in [3.05, 3.63) is 23.8 Å². The highest BCUT2D eigenvalue weighted by Crippen LogP contribution is 2.31. The van der Waals surface area contributed by atoms with E-state index in [-0.39, 0.29) is 5.75 Å². The highest BCUT2D eigenvalue weighted by molar-refractivity contribution is 7.90. The van der Waals surface area contributed by atoms with Crippen molar-refractivity contribution in [3.63, 3.8) is 0 Å². The Morgan fingerprint density at radius 2 is 2.00 bits per heavy atom. The zero-order chi connectivity index (χ0) is 15.0. The predicted molar refractivity (Wildman–Crippen MR) is 80.2 cm³/mol. The Labute approximate surface area is 121 Å². The van der Waals surface area contributed by atoms with Gasteiger partial charge in [0.1, 0.15) is 9.84 Å². The molecule has 0 aromatic heterocycles. The summed E-state index contributed by atoms with van der Waals surface area (Å²) in [6.07, 6.45) is 2.38. The number of hydrogen-bond acceptors (Lipinski definition) is 5. The lowest BCUT2D eigenvalue weighted by Crippen LogP contribution is -2.11. The van der Waals surface area contributed by atoms with Crippen LogP contribution in [0.2, 0.25) is 0 Å². The van der Waals surface area contributed by atoms with E-state index >= 15 is 0 Å². The molecule has 1 rings (SSSR count). The summed E-state index contributed by atoms with van der Waals surface area (Å²) in [5.41, 5.74) is 6.57. The van der Waals surface area contributed by atoms with Crippen LogP contribution < -0.4 is 15.2 Å². The van der Waals surface area contributed by atoms with Crippen LogP contribution in [0.25, 0.3) is 0 Å². The molecule has 114 valence electrons. The maximum absolute atomic E-state index is 11.1. The molecule has 6 heteroatoms. The molecule has 0 aliphatic rings. The summed E-state index contributed by atoms with van der Waals surface area (Å²) in [5.74, 6) is 1.47. The van der Waals surface area contributed by atoms with E-state index in [1.807, 2.05) is 25.1 Å². The quantitative estimate of drug-likeness (QED) is 0.698. The van der Waals surface area contributed by atoms with Gasteiger partial charge in [0.15, 0.2) is 11.5 Å². The van der Waals surface area contributed by atoms with Crippen molar-refractivity contribution in [1.29, 1.82) is 0 Å². The third kappa shape index (κ3) is 5.79. The first kappa shape index (κ1) is 16.8. The van der Waals surface area contributed by atoms with E-state index < -0.39 is 9.84 Å². The topological polar surface area (TPSA) is 78.6 Å². The molecule has 0 fully saturated rings. The van der Waals surface area contributed by atoms with Gasteiger partial charge in [0.25, 0.3) is 0 Å². The van der Waals surface area contributed by atoms with Crippen molar-refractivity contribution in [2.75, 3.05) is 31.8 Å². The first-order chi connectivity index (χ1) is 9.48. The Morgan fingerprint density at radius 1 is 1.25 bits per heavy atom. The third-order valence-corrected chi connectivity index (χ3v) is 3.71. The fraction of sp³-hybridized carbons (Fsp3) is 0.571. The second kappa shape index (κ2) is 8.11. The van der Waals surface area contributed by atoms with Crippen molar-refractivity contribution in [2.24, 2.45) is 5.73 Å². The van der Waals surface area contributed by atoms with E-state index in [2.05, 4.69) is 0 Å². The number of nitrogens with two attached hydrogens (primary N) is 1. The van der Waals surface area contributed by atoms with Gasteiger partial charge in [-0.1, -0.05) is 12.1 Å². The molecule has 0 aliphatic carbocycles. The molecule has 0 bridgehead atoms. The summed E-state index contributed by atoms with van der Waals surface area (Å²) in [5, 5.41) is 0. The molecule has 20 heavy (non-hydrogen) atoms. The Kier molecular flexibility index (Phi) is 6.81. The van der Waals surface area contributed by atoms with E-state index in [9.17, 15) is 8.42 Å². The molecule has 0 atom stereocenters. The van der Waals surface area contributed by atoms with Crippen LogP contribution in [0.3, 0.4) is 0 Å². The van der Waals surface area contributed by atoms with Gasteiger partial charge in [0.2, 0.25) is 0 Å². The smallest absolute Gasteiger partial charge is 0.164 e. The van der Waals surface area contributed by atoms with E-state index in [1.54, 1.807) is 0 Å². The number of hydrogen-bond donors (Lipinski definition) is 1. The van der Waals surface area contributed by atoms with Crippen molar-refractivity contribution >= 4 is 9.84 Å². The zero-order valence-corrected chi connectivity index (χ0v) is 12.9. The molecule has 0 amide bonds. The third-order valence-electron chi connectivity index (χ3n) is 2.68. The molecule has 1 aromatic rings. The summed E-state index contributed by atoms with van der Waals surface area (Å²) >= 11 is 0. The standard InChI is InChI=1S/C14H23NO4S/c1-3-18-13-7-4-6-12(8-9-15)14(13)19-10-5-11-20(2,16)17/h4,6-7H,3,5,8-11,15H2,1-2H3. The molecule has 0 unspecified atom stereocenters. The molecule has 2 N–H and O–H groups in total. The van der Waals surface area contributed by atoms with Crippen LogP contribution in [-0.4, -0.2) is 40.2 Å². The van der Waals surface area contributed by atoms with Gasteiger partial charge in [-0.25, -0.2) is 8.42 Å². The van der Waals surface area contributed by atoms with Crippen molar-refractivity contribution < 1.29 is 17.9 Å². The predicted octanol–water partition coefficient (Wildman–Crippen LogP) is 1.40. The first-order valence-electron chi connectivity index (χ1n) is 6.73. The van der Waals surface area contributed by atoms with Gasteiger partial charge < -0.3 is 15.2 Å². The first-order valence-corrected chi connectivity index (χ1v) is 8.79.